The largest absolute Gasteiger partial charge is 0.325 e. The lowest BCUT2D eigenvalue weighted by atomic mass is 9.34. The van der Waals surface area contributed by atoms with Gasteiger partial charge in [-0.15, -0.1) is 12.4 Å². The highest BCUT2D eigenvalue weighted by molar-refractivity contribution is 5.85. The Hall–Kier alpha value is 0.250. The number of hydrogen-bond acceptors (Lipinski definition) is 1. The Morgan fingerprint density at radius 1 is 1.09 bits per heavy atom. The summed E-state index contributed by atoms with van der Waals surface area (Å²) >= 11 is 0. The molecule has 0 unspecified atom stereocenters. The quantitative estimate of drug-likeness (QED) is 0.646. The van der Waals surface area contributed by atoms with Crippen molar-refractivity contribution in [3.8, 4) is 0 Å². The molecule has 2 N–H and O–H groups in total. The summed E-state index contributed by atoms with van der Waals surface area (Å²) in [5.41, 5.74) is 7.13. The molecule has 2 heteroatoms. The Morgan fingerprint density at radius 3 is 1.91 bits per heavy atom. The van der Waals surface area contributed by atoms with E-state index < -0.39 is 0 Å². The van der Waals surface area contributed by atoms with Crippen molar-refractivity contribution < 1.29 is 0 Å². The van der Waals surface area contributed by atoms with E-state index in [-0.39, 0.29) is 12.4 Å². The fourth-order valence-corrected chi connectivity index (χ4v) is 3.40. The van der Waals surface area contributed by atoms with Crippen molar-refractivity contribution in [2.45, 2.75) is 44.1 Å². The lowest BCUT2D eigenvalue weighted by Gasteiger charge is -2.73. The predicted octanol–water partition coefficient (Wildman–Crippen LogP) is 2.09. The number of nitrogens with two attached hydrogens (primary N) is 1. The second-order valence-electron chi connectivity index (χ2n) is 4.88. The molecule has 0 radical (unpaired) electrons. The molecule has 11 heavy (non-hydrogen) atoms. The molecule has 0 aromatic heterocycles. The molecule has 0 aromatic rings. The van der Waals surface area contributed by atoms with Gasteiger partial charge >= 0.3 is 0 Å². The molecule has 0 amide bonds. The van der Waals surface area contributed by atoms with Gasteiger partial charge in [0.25, 0.3) is 0 Å². The van der Waals surface area contributed by atoms with Crippen molar-refractivity contribution in [3.05, 3.63) is 0 Å². The third kappa shape index (κ3) is 0.762. The third-order valence-electron chi connectivity index (χ3n) is 4.08. The van der Waals surface area contributed by atoms with Crippen LogP contribution in [0.5, 0.6) is 0 Å². The van der Waals surface area contributed by atoms with E-state index in [9.17, 15) is 0 Å². The molecular formula is C9H16ClN. The van der Waals surface area contributed by atoms with Gasteiger partial charge in [0.2, 0.25) is 0 Å². The Balaban J connectivity index is 0.000000480. The van der Waals surface area contributed by atoms with Crippen LogP contribution in [0.4, 0.5) is 0 Å². The SMILES string of the molecule is Cl.NC12CC(C3CCC3)(C1)C2. The number of hydrogen-bond donors (Lipinski definition) is 1. The maximum absolute atomic E-state index is 5.99. The number of rotatable bonds is 1. The normalized spacial score (nSPS) is 53.2. The van der Waals surface area contributed by atoms with E-state index in [2.05, 4.69) is 0 Å². The van der Waals surface area contributed by atoms with Crippen LogP contribution in [0.15, 0.2) is 0 Å². The average Bonchev–Trinajstić information content (AvgIpc) is 1.53. The van der Waals surface area contributed by atoms with Crippen molar-refractivity contribution in [3.63, 3.8) is 0 Å². The average molecular weight is 174 g/mol. The third-order valence-corrected chi connectivity index (χ3v) is 4.08. The van der Waals surface area contributed by atoms with Crippen molar-refractivity contribution in [2.24, 2.45) is 17.1 Å². The standard InChI is InChI=1S/C9H15N.ClH/c10-9-4-8(5-9,6-9)7-2-1-3-7;/h7H,1-6,10H2;1H. The minimum Gasteiger partial charge on any atom is -0.325 e. The van der Waals surface area contributed by atoms with E-state index in [1.165, 1.54) is 38.5 Å². The molecule has 0 aromatic carbocycles. The summed E-state index contributed by atoms with van der Waals surface area (Å²) in [7, 11) is 0. The van der Waals surface area contributed by atoms with Crippen molar-refractivity contribution in [2.75, 3.05) is 0 Å². The molecule has 0 atom stereocenters. The van der Waals surface area contributed by atoms with Crippen LogP contribution in [0.2, 0.25) is 0 Å². The van der Waals surface area contributed by atoms with Crippen LogP contribution in [-0.2, 0) is 0 Å². The maximum Gasteiger partial charge on any atom is 0.0170 e. The highest BCUT2D eigenvalue weighted by atomic mass is 35.5. The van der Waals surface area contributed by atoms with Crippen molar-refractivity contribution >= 4 is 12.4 Å². The van der Waals surface area contributed by atoms with E-state index in [0.29, 0.717) is 5.54 Å². The van der Waals surface area contributed by atoms with Crippen molar-refractivity contribution in [1.29, 1.82) is 0 Å². The van der Waals surface area contributed by atoms with Crippen LogP contribution in [0.3, 0.4) is 0 Å². The summed E-state index contributed by atoms with van der Waals surface area (Å²) in [6, 6.07) is 0. The fourth-order valence-electron chi connectivity index (χ4n) is 3.40. The van der Waals surface area contributed by atoms with Gasteiger partial charge < -0.3 is 5.73 Å². The summed E-state index contributed by atoms with van der Waals surface area (Å²) in [6.07, 6.45) is 8.61. The molecule has 0 saturated heterocycles. The molecule has 4 saturated carbocycles. The van der Waals surface area contributed by atoms with Crippen LogP contribution in [0.25, 0.3) is 0 Å². The number of halogens is 1. The summed E-state index contributed by atoms with van der Waals surface area (Å²) < 4.78 is 0. The molecular weight excluding hydrogens is 158 g/mol. The van der Waals surface area contributed by atoms with E-state index >= 15 is 0 Å². The summed E-state index contributed by atoms with van der Waals surface area (Å²) in [5.74, 6) is 1.10. The molecule has 4 aliphatic carbocycles. The first-order valence-electron chi connectivity index (χ1n) is 4.52. The topological polar surface area (TPSA) is 26.0 Å². The van der Waals surface area contributed by atoms with Crippen LogP contribution in [0, 0.1) is 11.3 Å². The summed E-state index contributed by atoms with van der Waals surface area (Å²) in [5, 5.41) is 0. The molecule has 0 aliphatic heterocycles. The first-order valence-corrected chi connectivity index (χ1v) is 4.52. The van der Waals surface area contributed by atoms with Gasteiger partial charge in [0.15, 0.2) is 0 Å². The molecule has 0 spiro atoms. The van der Waals surface area contributed by atoms with Gasteiger partial charge in [-0.05, 0) is 43.4 Å². The lowest BCUT2D eigenvalue weighted by molar-refractivity contribution is -0.189. The van der Waals surface area contributed by atoms with Crippen LogP contribution >= 0.6 is 12.4 Å². The minimum absolute atomic E-state index is 0. The summed E-state index contributed by atoms with van der Waals surface area (Å²) in [4.78, 5) is 0. The van der Waals surface area contributed by atoms with E-state index in [1.807, 2.05) is 0 Å². The predicted molar refractivity (Wildman–Crippen MR) is 47.8 cm³/mol. The molecule has 4 aliphatic rings. The zero-order valence-electron chi connectivity index (χ0n) is 6.81. The van der Waals surface area contributed by atoms with Gasteiger partial charge in [-0.3, -0.25) is 0 Å². The Bertz CT molecular complexity index is 166. The molecule has 1 nitrogen and oxygen atoms in total. The van der Waals surface area contributed by atoms with Crippen LogP contribution < -0.4 is 5.73 Å². The Labute approximate surface area is 74.1 Å². The highest BCUT2D eigenvalue weighted by Crippen LogP contribution is 2.72. The Morgan fingerprint density at radius 2 is 1.64 bits per heavy atom. The smallest absolute Gasteiger partial charge is 0.0170 e. The van der Waals surface area contributed by atoms with Crippen LogP contribution in [-0.4, -0.2) is 5.54 Å². The molecule has 2 bridgehead atoms. The van der Waals surface area contributed by atoms with Gasteiger partial charge in [-0.2, -0.15) is 0 Å². The van der Waals surface area contributed by atoms with Gasteiger partial charge in [0.05, 0.1) is 0 Å². The van der Waals surface area contributed by atoms with Gasteiger partial charge in [0.1, 0.15) is 0 Å². The lowest BCUT2D eigenvalue weighted by Crippen LogP contribution is -2.74. The highest BCUT2D eigenvalue weighted by Gasteiger charge is 2.68. The first kappa shape index (κ1) is 7.88. The molecule has 0 heterocycles. The molecule has 64 valence electrons. The fraction of sp³-hybridized carbons (Fsp3) is 1.00. The zero-order valence-corrected chi connectivity index (χ0v) is 7.62. The summed E-state index contributed by atoms with van der Waals surface area (Å²) in [6.45, 7) is 0. The zero-order chi connectivity index (χ0) is 6.82. The van der Waals surface area contributed by atoms with Gasteiger partial charge in [-0.25, -0.2) is 0 Å². The van der Waals surface area contributed by atoms with E-state index in [4.69, 9.17) is 5.73 Å². The maximum atomic E-state index is 5.99. The second kappa shape index (κ2) is 1.94. The van der Waals surface area contributed by atoms with Crippen LogP contribution in [0.1, 0.15) is 38.5 Å². The van der Waals surface area contributed by atoms with E-state index in [1.54, 1.807) is 0 Å². The Kier molecular flexibility index (Phi) is 1.39. The second-order valence-corrected chi connectivity index (χ2v) is 4.88. The molecule has 4 rings (SSSR count). The van der Waals surface area contributed by atoms with Crippen molar-refractivity contribution in [1.82, 2.24) is 0 Å². The molecule has 4 fully saturated rings. The van der Waals surface area contributed by atoms with E-state index in [0.717, 1.165) is 11.3 Å². The monoisotopic (exact) mass is 173 g/mol. The minimum atomic E-state index is 0. The van der Waals surface area contributed by atoms with Gasteiger partial charge in [-0.1, -0.05) is 6.42 Å². The first-order chi connectivity index (χ1) is 4.73. The van der Waals surface area contributed by atoms with Gasteiger partial charge in [0, 0.05) is 5.54 Å².